The van der Waals surface area contributed by atoms with E-state index in [4.69, 9.17) is 4.74 Å². The van der Waals surface area contributed by atoms with E-state index in [9.17, 15) is 4.79 Å². The number of ether oxygens (including phenoxy) is 1. The molecule has 21 heavy (non-hydrogen) atoms. The van der Waals surface area contributed by atoms with Crippen molar-refractivity contribution in [2.75, 3.05) is 11.9 Å². The molecule has 0 aliphatic heterocycles. The van der Waals surface area contributed by atoms with E-state index >= 15 is 0 Å². The predicted molar refractivity (Wildman–Crippen MR) is 83.5 cm³/mol. The van der Waals surface area contributed by atoms with Gasteiger partial charge >= 0.3 is 0 Å². The lowest BCUT2D eigenvalue weighted by atomic mass is 10.1. The number of rotatable bonds is 6. The Labute approximate surface area is 126 Å². The Bertz CT molecular complexity index is 481. The summed E-state index contributed by atoms with van der Waals surface area (Å²) in [6.45, 7) is 12.1. The van der Waals surface area contributed by atoms with Gasteiger partial charge in [0.15, 0.2) is 0 Å². The molecule has 0 aromatic carbocycles. The summed E-state index contributed by atoms with van der Waals surface area (Å²) in [7, 11) is 0. The van der Waals surface area contributed by atoms with Crippen molar-refractivity contribution in [1.82, 2.24) is 15.3 Å². The van der Waals surface area contributed by atoms with Gasteiger partial charge in [-0.25, -0.2) is 4.98 Å². The van der Waals surface area contributed by atoms with Crippen LogP contribution in [0.4, 0.5) is 5.95 Å². The second-order valence-electron chi connectivity index (χ2n) is 6.31. The molecule has 0 saturated carbocycles. The molecule has 0 aliphatic rings. The predicted octanol–water partition coefficient (Wildman–Crippen LogP) is 2.29. The van der Waals surface area contributed by atoms with Gasteiger partial charge in [-0.3, -0.25) is 4.79 Å². The van der Waals surface area contributed by atoms with E-state index in [-0.39, 0.29) is 17.6 Å². The van der Waals surface area contributed by atoms with Gasteiger partial charge in [0.05, 0.1) is 6.10 Å². The molecular weight excluding hydrogens is 268 g/mol. The first kappa shape index (κ1) is 17.2. The van der Waals surface area contributed by atoms with Crippen LogP contribution in [0.5, 0.6) is 5.88 Å². The van der Waals surface area contributed by atoms with Crippen LogP contribution >= 0.6 is 0 Å². The number of nitrogens with zero attached hydrogens (tertiary/aromatic N) is 2. The van der Waals surface area contributed by atoms with Gasteiger partial charge in [-0.05, 0) is 41.5 Å². The van der Waals surface area contributed by atoms with Crippen molar-refractivity contribution in [3.8, 4) is 5.88 Å². The third-order valence-corrected chi connectivity index (χ3v) is 2.34. The van der Waals surface area contributed by atoms with Gasteiger partial charge < -0.3 is 15.4 Å². The fraction of sp³-hybridized carbons (Fsp3) is 0.667. The van der Waals surface area contributed by atoms with Gasteiger partial charge in [-0.1, -0.05) is 0 Å². The fourth-order valence-electron chi connectivity index (χ4n) is 1.69. The van der Waals surface area contributed by atoms with Crippen LogP contribution in [0.3, 0.4) is 0 Å². The Balaban J connectivity index is 2.52. The summed E-state index contributed by atoms with van der Waals surface area (Å²) in [5.41, 5.74) is 0.608. The normalized spacial score (nSPS) is 11.4. The van der Waals surface area contributed by atoms with Crippen LogP contribution in [-0.4, -0.2) is 34.1 Å². The first-order valence-electron chi connectivity index (χ1n) is 7.23. The summed E-state index contributed by atoms with van der Waals surface area (Å²) in [4.78, 5) is 20.3. The summed E-state index contributed by atoms with van der Waals surface area (Å²) < 4.78 is 5.56. The maximum atomic E-state index is 11.7. The third-order valence-electron chi connectivity index (χ3n) is 2.34. The van der Waals surface area contributed by atoms with E-state index in [0.29, 0.717) is 24.8 Å². The first-order valence-corrected chi connectivity index (χ1v) is 7.23. The number of aromatic nitrogens is 2. The van der Waals surface area contributed by atoms with Crippen molar-refractivity contribution < 1.29 is 9.53 Å². The molecule has 1 rings (SSSR count). The highest BCUT2D eigenvalue weighted by molar-refractivity contribution is 5.77. The standard InChI is InChI=1S/C15H26N4O2/c1-10(2)21-13-9-11(3)17-14(18-13)16-8-7-12(20)19-15(4,5)6/h9-10H,7-8H2,1-6H3,(H,19,20)(H,16,17,18). The molecule has 6 heteroatoms. The highest BCUT2D eigenvalue weighted by atomic mass is 16.5. The van der Waals surface area contributed by atoms with Gasteiger partial charge in [0, 0.05) is 30.3 Å². The summed E-state index contributed by atoms with van der Waals surface area (Å²) in [6.07, 6.45) is 0.430. The summed E-state index contributed by atoms with van der Waals surface area (Å²) in [5, 5.41) is 5.96. The van der Waals surface area contributed by atoms with Crippen LogP contribution < -0.4 is 15.4 Å². The van der Waals surface area contributed by atoms with Gasteiger partial charge in [0.25, 0.3) is 0 Å². The molecule has 2 N–H and O–H groups in total. The molecule has 0 aliphatic carbocycles. The molecule has 0 radical (unpaired) electrons. The molecule has 0 unspecified atom stereocenters. The zero-order valence-corrected chi connectivity index (χ0v) is 13.8. The number of carbonyl (C=O) groups is 1. The molecule has 0 bridgehead atoms. The number of anilines is 1. The topological polar surface area (TPSA) is 76.1 Å². The summed E-state index contributed by atoms with van der Waals surface area (Å²) in [6, 6.07) is 1.79. The maximum Gasteiger partial charge on any atom is 0.226 e. The average molecular weight is 294 g/mol. The Hall–Kier alpha value is -1.85. The molecule has 0 fully saturated rings. The molecular formula is C15H26N4O2. The number of hydrogen-bond acceptors (Lipinski definition) is 5. The molecule has 1 heterocycles. The zero-order chi connectivity index (χ0) is 16.0. The third kappa shape index (κ3) is 7.48. The Kier molecular flexibility index (Phi) is 5.93. The van der Waals surface area contributed by atoms with Crippen molar-refractivity contribution in [2.45, 2.75) is 59.6 Å². The van der Waals surface area contributed by atoms with Crippen molar-refractivity contribution in [1.29, 1.82) is 0 Å². The molecule has 0 saturated heterocycles. The lowest BCUT2D eigenvalue weighted by Crippen LogP contribution is -2.41. The Morgan fingerprint density at radius 2 is 2.00 bits per heavy atom. The number of aryl methyl sites for hydroxylation is 1. The van der Waals surface area contributed by atoms with Crippen molar-refractivity contribution in [3.63, 3.8) is 0 Å². The summed E-state index contributed by atoms with van der Waals surface area (Å²) >= 11 is 0. The number of carbonyl (C=O) groups excluding carboxylic acids is 1. The number of hydrogen-bond donors (Lipinski definition) is 2. The van der Waals surface area contributed by atoms with E-state index in [1.807, 2.05) is 41.5 Å². The largest absolute Gasteiger partial charge is 0.475 e. The van der Waals surface area contributed by atoms with Gasteiger partial charge in [-0.2, -0.15) is 4.98 Å². The molecule has 6 nitrogen and oxygen atoms in total. The van der Waals surface area contributed by atoms with E-state index in [0.717, 1.165) is 5.69 Å². The second kappa shape index (κ2) is 7.24. The van der Waals surface area contributed by atoms with E-state index in [1.54, 1.807) is 6.07 Å². The van der Waals surface area contributed by atoms with E-state index in [2.05, 4.69) is 20.6 Å². The minimum atomic E-state index is -0.213. The van der Waals surface area contributed by atoms with Crippen LogP contribution in [0.1, 0.15) is 46.7 Å². The van der Waals surface area contributed by atoms with Crippen molar-refractivity contribution >= 4 is 11.9 Å². The average Bonchev–Trinajstić information content (AvgIpc) is 2.24. The number of amides is 1. The van der Waals surface area contributed by atoms with E-state index < -0.39 is 0 Å². The minimum Gasteiger partial charge on any atom is -0.475 e. The molecule has 1 aromatic heterocycles. The van der Waals surface area contributed by atoms with E-state index in [1.165, 1.54) is 0 Å². The summed E-state index contributed by atoms with van der Waals surface area (Å²) in [5.74, 6) is 1.02. The molecule has 1 aromatic rings. The highest BCUT2D eigenvalue weighted by Crippen LogP contribution is 2.13. The molecule has 0 spiro atoms. The van der Waals surface area contributed by atoms with Crippen LogP contribution in [0, 0.1) is 6.92 Å². The first-order chi connectivity index (χ1) is 9.65. The quantitative estimate of drug-likeness (QED) is 0.842. The Morgan fingerprint density at radius 3 is 2.57 bits per heavy atom. The molecule has 1 amide bonds. The SMILES string of the molecule is Cc1cc(OC(C)C)nc(NCCC(=O)NC(C)(C)C)n1. The van der Waals surface area contributed by atoms with Crippen LogP contribution in [0.25, 0.3) is 0 Å². The lowest BCUT2D eigenvalue weighted by Gasteiger charge is -2.20. The maximum absolute atomic E-state index is 11.7. The monoisotopic (exact) mass is 294 g/mol. The Morgan fingerprint density at radius 1 is 1.33 bits per heavy atom. The molecule has 0 atom stereocenters. The minimum absolute atomic E-state index is 0.00121. The second-order valence-corrected chi connectivity index (χ2v) is 6.31. The van der Waals surface area contributed by atoms with Gasteiger partial charge in [-0.15, -0.1) is 0 Å². The van der Waals surface area contributed by atoms with Crippen LogP contribution in [-0.2, 0) is 4.79 Å². The fourth-order valence-corrected chi connectivity index (χ4v) is 1.69. The highest BCUT2D eigenvalue weighted by Gasteiger charge is 2.13. The zero-order valence-electron chi connectivity index (χ0n) is 13.8. The van der Waals surface area contributed by atoms with Gasteiger partial charge in [0.2, 0.25) is 17.7 Å². The molecule has 118 valence electrons. The smallest absolute Gasteiger partial charge is 0.226 e. The van der Waals surface area contributed by atoms with Crippen molar-refractivity contribution in [3.05, 3.63) is 11.8 Å². The lowest BCUT2D eigenvalue weighted by molar-refractivity contribution is -0.122. The van der Waals surface area contributed by atoms with Crippen molar-refractivity contribution in [2.24, 2.45) is 0 Å². The van der Waals surface area contributed by atoms with Crippen LogP contribution in [0.15, 0.2) is 6.07 Å². The van der Waals surface area contributed by atoms with Crippen LogP contribution in [0.2, 0.25) is 0 Å². The van der Waals surface area contributed by atoms with Gasteiger partial charge in [0.1, 0.15) is 0 Å². The number of nitrogens with one attached hydrogen (secondary N) is 2.